The predicted molar refractivity (Wildman–Crippen MR) is 98.3 cm³/mol. The van der Waals surface area contributed by atoms with Crippen LogP contribution in [0, 0.1) is 0 Å². The summed E-state index contributed by atoms with van der Waals surface area (Å²) in [4.78, 5) is 22.9. The highest BCUT2D eigenvalue weighted by Gasteiger charge is 2.31. The van der Waals surface area contributed by atoms with E-state index in [2.05, 4.69) is 14.7 Å². The van der Waals surface area contributed by atoms with Crippen molar-refractivity contribution in [1.29, 1.82) is 0 Å². The van der Waals surface area contributed by atoms with Crippen molar-refractivity contribution in [2.45, 2.75) is 24.3 Å². The zero-order chi connectivity index (χ0) is 18.7. The van der Waals surface area contributed by atoms with Crippen molar-refractivity contribution in [3.63, 3.8) is 0 Å². The number of carbonyl (C=O) groups excluding carboxylic acids is 1. The third-order valence-corrected chi connectivity index (χ3v) is 5.55. The van der Waals surface area contributed by atoms with Crippen LogP contribution >= 0.6 is 0 Å². The number of nitrogens with zero attached hydrogens (tertiary/aromatic N) is 3. The Hall–Kier alpha value is -2.74. The summed E-state index contributed by atoms with van der Waals surface area (Å²) in [7, 11) is -1.90. The van der Waals surface area contributed by atoms with Gasteiger partial charge in [-0.05, 0) is 31.2 Å². The average molecular weight is 372 g/mol. The Labute approximate surface area is 152 Å². The molecule has 0 aliphatic carbocycles. The van der Waals surface area contributed by atoms with Gasteiger partial charge in [0, 0.05) is 37.5 Å². The zero-order valence-corrected chi connectivity index (χ0v) is 15.4. The van der Waals surface area contributed by atoms with Crippen molar-refractivity contribution < 1.29 is 13.2 Å². The molecule has 1 aromatic carbocycles. The summed E-state index contributed by atoms with van der Waals surface area (Å²) in [6.45, 7) is 2.16. The van der Waals surface area contributed by atoms with Gasteiger partial charge in [-0.15, -0.1) is 0 Å². The highest BCUT2D eigenvalue weighted by molar-refractivity contribution is 7.90. The summed E-state index contributed by atoms with van der Waals surface area (Å²) in [5.74, 6) is 0.0246. The molecule has 1 atom stereocenters. The number of nitrogens with one attached hydrogen (secondary N) is 1. The first-order valence-corrected chi connectivity index (χ1v) is 9.72. The van der Waals surface area contributed by atoms with Gasteiger partial charge in [0.2, 0.25) is 5.91 Å². The maximum atomic E-state index is 12.5. The van der Waals surface area contributed by atoms with Crippen molar-refractivity contribution >= 4 is 21.8 Å². The van der Waals surface area contributed by atoms with E-state index in [4.69, 9.17) is 0 Å². The summed E-state index contributed by atoms with van der Waals surface area (Å²) >= 11 is 0. The number of amides is 1. The number of hydrogen-bond acceptors (Lipinski definition) is 5. The molecule has 0 fully saturated rings. The van der Waals surface area contributed by atoms with E-state index < -0.39 is 16.1 Å². The van der Waals surface area contributed by atoms with Crippen LogP contribution in [0.4, 0.5) is 0 Å². The minimum atomic E-state index is -3.61. The fourth-order valence-corrected chi connectivity index (χ4v) is 3.98. The summed E-state index contributed by atoms with van der Waals surface area (Å²) in [5, 5.41) is 0. The van der Waals surface area contributed by atoms with Crippen LogP contribution in [0.1, 0.15) is 18.2 Å². The number of aliphatic imine (C=N–C) groups is 1. The molecule has 0 saturated heterocycles. The second-order valence-corrected chi connectivity index (χ2v) is 7.74. The van der Waals surface area contributed by atoms with Gasteiger partial charge in [-0.2, -0.15) is 0 Å². The van der Waals surface area contributed by atoms with Gasteiger partial charge in [-0.3, -0.25) is 19.5 Å². The van der Waals surface area contributed by atoms with Crippen LogP contribution in [0.2, 0.25) is 0 Å². The topological polar surface area (TPSA) is 91.7 Å². The van der Waals surface area contributed by atoms with Crippen LogP contribution in [0.15, 0.2) is 58.5 Å². The molecule has 2 heterocycles. The van der Waals surface area contributed by atoms with Crippen LogP contribution in [-0.4, -0.2) is 49.7 Å². The lowest BCUT2D eigenvalue weighted by atomic mass is 10.2. The lowest BCUT2D eigenvalue weighted by molar-refractivity contribution is -0.130. The number of hydrogen-bond donors (Lipinski definition) is 1. The van der Waals surface area contributed by atoms with Gasteiger partial charge in [0.1, 0.15) is 11.9 Å². The Morgan fingerprint density at radius 1 is 1.23 bits per heavy atom. The maximum absolute atomic E-state index is 12.5. The third-order valence-electron chi connectivity index (χ3n) is 4.15. The molecule has 1 N–H and O–H groups in total. The number of aromatic nitrogens is 1. The molecule has 2 aromatic rings. The second kappa shape index (κ2) is 7.25. The molecule has 1 aromatic heterocycles. The Kier molecular flexibility index (Phi) is 5.03. The van der Waals surface area contributed by atoms with Crippen LogP contribution < -0.4 is 4.72 Å². The maximum Gasteiger partial charge on any atom is 0.263 e. The molecule has 7 nitrogen and oxygen atoms in total. The van der Waals surface area contributed by atoms with E-state index in [1.807, 2.05) is 18.2 Å². The Bertz CT molecular complexity index is 942. The zero-order valence-electron chi connectivity index (χ0n) is 14.6. The van der Waals surface area contributed by atoms with Gasteiger partial charge in [0.15, 0.2) is 0 Å². The first-order valence-electron chi connectivity index (χ1n) is 8.23. The minimum Gasteiger partial charge on any atom is -0.344 e. The van der Waals surface area contributed by atoms with Gasteiger partial charge < -0.3 is 4.90 Å². The highest BCUT2D eigenvalue weighted by Crippen LogP contribution is 2.22. The van der Waals surface area contributed by atoms with Gasteiger partial charge in [-0.25, -0.2) is 8.42 Å². The highest BCUT2D eigenvalue weighted by atomic mass is 32.2. The Morgan fingerprint density at radius 3 is 2.69 bits per heavy atom. The largest absolute Gasteiger partial charge is 0.344 e. The van der Waals surface area contributed by atoms with Crippen molar-refractivity contribution in [2.24, 2.45) is 4.99 Å². The van der Waals surface area contributed by atoms with Gasteiger partial charge >= 0.3 is 0 Å². The van der Waals surface area contributed by atoms with E-state index in [9.17, 15) is 13.2 Å². The van der Waals surface area contributed by atoms with Crippen LogP contribution in [-0.2, 0) is 21.2 Å². The van der Waals surface area contributed by atoms with Gasteiger partial charge in [-0.1, -0.05) is 18.2 Å². The molecule has 0 spiro atoms. The predicted octanol–water partition coefficient (Wildman–Crippen LogP) is 1.21. The van der Waals surface area contributed by atoms with Gasteiger partial charge in [0.05, 0.1) is 4.90 Å². The SMILES string of the molecule is C[C@H](N=C1NS(=O)(=O)c2ccccc21)C(=O)N(C)CCc1ccccn1. The van der Waals surface area contributed by atoms with E-state index in [1.165, 1.54) is 6.07 Å². The number of sulfonamides is 1. The molecule has 1 aliphatic rings. The molecule has 3 rings (SSSR count). The van der Waals surface area contributed by atoms with E-state index in [0.29, 0.717) is 18.5 Å². The number of fused-ring (bicyclic) bond motifs is 1. The number of pyridine rings is 1. The second-order valence-electron chi connectivity index (χ2n) is 6.09. The van der Waals surface area contributed by atoms with Crippen LogP contribution in [0.5, 0.6) is 0 Å². The van der Waals surface area contributed by atoms with E-state index in [0.717, 1.165) is 5.69 Å². The fraction of sp³-hybridized carbons (Fsp3) is 0.278. The first kappa shape index (κ1) is 18.1. The summed E-state index contributed by atoms with van der Waals surface area (Å²) in [6.07, 6.45) is 2.36. The third kappa shape index (κ3) is 3.75. The molecular weight excluding hydrogens is 352 g/mol. The molecule has 1 aliphatic heterocycles. The Morgan fingerprint density at radius 2 is 1.96 bits per heavy atom. The number of rotatable bonds is 5. The monoisotopic (exact) mass is 372 g/mol. The number of benzene rings is 1. The van der Waals surface area contributed by atoms with Crippen molar-refractivity contribution in [3.8, 4) is 0 Å². The molecule has 1 amide bonds. The van der Waals surface area contributed by atoms with E-state index in [-0.39, 0.29) is 16.6 Å². The molecule has 0 saturated carbocycles. The van der Waals surface area contributed by atoms with Crippen molar-refractivity contribution in [2.75, 3.05) is 13.6 Å². The summed E-state index contributed by atoms with van der Waals surface area (Å²) in [6, 6.07) is 11.5. The van der Waals surface area contributed by atoms with Crippen molar-refractivity contribution in [1.82, 2.24) is 14.6 Å². The molecule has 136 valence electrons. The fourth-order valence-electron chi connectivity index (χ4n) is 2.74. The first-order chi connectivity index (χ1) is 12.4. The minimum absolute atomic E-state index is 0.182. The normalized spacial score (nSPS) is 17.4. The average Bonchev–Trinajstić information content (AvgIpc) is 2.90. The quantitative estimate of drug-likeness (QED) is 0.854. The lowest BCUT2D eigenvalue weighted by Gasteiger charge is -2.19. The van der Waals surface area contributed by atoms with Gasteiger partial charge in [0.25, 0.3) is 10.0 Å². The molecule has 26 heavy (non-hydrogen) atoms. The van der Waals surface area contributed by atoms with E-state index in [1.54, 1.807) is 43.3 Å². The molecule has 8 heteroatoms. The smallest absolute Gasteiger partial charge is 0.263 e. The molecule has 0 radical (unpaired) electrons. The molecule has 0 bridgehead atoms. The van der Waals surface area contributed by atoms with Crippen molar-refractivity contribution in [3.05, 3.63) is 59.9 Å². The Balaban J connectivity index is 1.70. The number of likely N-dealkylation sites (N-methyl/N-ethyl adjacent to an activating group) is 1. The molecular formula is C18H20N4O3S. The lowest BCUT2D eigenvalue weighted by Crippen LogP contribution is -2.36. The summed E-state index contributed by atoms with van der Waals surface area (Å²) in [5.41, 5.74) is 1.40. The standard InChI is InChI=1S/C18H20N4O3S/c1-13(18(23)22(2)12-10-14-7-5-6-11-19-14)20-17-15-8-3-4-9-16(15)26(24,25)21-17/h3-9,11,13H,10,12H2,1-2H3,(H,20,21)/t13-/m0/s1. The summed E-state index contributed by atoms with van der Waals surface area (Å²) < 4.78 is 26.6. The van der Waals surface area contributed by atoms with Crippen LogP contribution in [0.25, 0.3) is 0 Å². The number of carbonyl (C=O) groups is 1. The number of amidine groups is 1. The van der Waals surface area contributed by atoms with E-state index >= 15 is 0 Å². The van der Waals surface area contributed by atoms with Crippen LogP contribution in [0.3, 0.4) is 0 Å². The molecule has 0 unspecified atom stereocenters.